The topological polar surface area (TPSA) is 75.4 Å². The number of nitrogens with zero attached hydrogens (tertiary/aromatic N) is 3. The molecule has 0 spiro atoms. The second kappa shape index (κ2) is 10.1. The Kier molecular flexibility index (Phi) is 6.58. The molecule has 5 aromatic rings. The van der Waals surface area contributed by atoms with E-state index in [4.69, 9.17) is 32.7 Å². The van der Waals surface area contributed by atoms with E-state index in [-0.39, 0.29) is 0 Å². The van der Waals surface area contributed by atoms with Gasteiger partial charge in [-0.2, -0.15) is 4.98 Å². The van der Waals surface area contributed by atoms with Crippen LogP contribution in [0.3, 0.4) is 0 Å². The number of hydrogen-bond acceptors (Lipinski definition) is 5. The zero-order chi connectivity index (χ0) is 25.1. The fraction of sp³-hybridized carbons (Fsp3) is 0. The van der Waals surface area contributed by atoms with Crippen LogP contribution in [0.2, 0.25) is 10.0 Å². The van der Waals surface area contributed by atoms with Crippen LogP contribution in [-0.4, -0.2) is 14.1 Å². The van der Waals surface area contributed by atoms with Crippen molar-refractivity contribution in [3.63, 3.8) is 0 Å². The Morgan fingerprint density at radius 3 is 1.39 bits per heavy atom. The van der Waals surface area contributed by atoms with E-state index in [1.807, 2.05) is 0 Å². The summed E-state index contributed by atoms with van der Waals surface area (Å²) in [6.45, 7) is 0. The normalized spacial score (nSPS) is 10.7. The molecule has 178 valence electrons. The highest BCUT2D eigenvalue weighted by atomic mass is 35.5. The molecule has 0 amide bonds. The Morgan fingerprint density at radius 2 is 0.944 bits per heavy atom. The summed E-state index contributed by atoms with van der Waals surface area (Å²) in [6, 6.07) is 27.3. The van der Waals surface area contributed by atoms with E-state index in [0.29, 0.717) is 44.4 Å². The minimum atomic E-state index is -0.690. The molecule has 0 radical (unpaired) electrons. The summed E-state index contributed by atoms with van der Waals surface area (Å²) < 4.78 is 13.8. The lowest BCUT2D eigenvalue weighted by Crippen LogP contribution is -2.39. The quantitative estimate of drug-likeness (QED) is 0.265. The zero-order valence-electron chi connectivity index (χ0n) is 18.5. The van der Waals surface area contributed by atoms with Crippen LogP contribution in [0.25, 0.3) is 11.4 Å². The van der Waals surface area contributed by atoms with Gasteiger partial charge < -0.3 is 9.47 Å². The van der Waals surface area contributed by atoms with E-state index in [0.717, 1.165) is 4.57 Å². The Balaban J connectivity index is 1.39. The SMILES string of the molecule is O=c1ncn(-c2ccc(Oc3ccc(Cl)cc3)cc2)c(=O)n1-c1ccc(Oc2ccc(Cl)cc2)cc1. The van der Waals surface area contributed by atoms with Gasteiger partial charge in [0.25, 0.3) is 0 Å². The van der Waals surface area contributed by atoms with Crippen molar-refractivity contribution < 1.29 is 9.47 Å². The van der Waals surface area contributed by atoms with Crippen LogP contribution in [0.15, 0.2) is 113 Å². The molecular weight excluding hydrogens is 501 g/mol. The first-order valence-electron chi connectivity index (χ1n) is 10.7. The van der Waals surface area contributed by atoms with Gasteiger partial charge in [0, 0.05) is 10.0 Å². The van der Waals surface area contributed by atoms with Gasteiger partial charge >= 0.3 is 11.4 Å². The van der Waals surface area contributed by atoms with Gasteiger partial charge in [-0.3, -0.25) is 4.57 Å². The molecule has 0 aliphatic carbocycles. The molecule has 0 saturated heterocycles. The molecule has 0 saturated carbocycles. The first-order chi connectivity index (χ1) is 17.5. The lowest BCUT2D eigenvalue weighted by Gasteiger charge is -2.11. The fourth-order valence-electron chi connectivity index (χ4n) is 3.42. The van der Waals surface area contributed by atoms with Crippen LogP contribution in [0.1, 0.15) is 0 Å². The lowest BCUT2D eigenvalue weighted by atomic mass is 10.3. The maximum atomic E-state index is 13.2. The molecule has 0 aliphatic rings. The van der Waals surface area contributed by atoms with E-state index in [1.54, 1.807) is 97.1 Å². The summed E-state index contributed by atoms with van der Waals surface area (Å²) in [5.74, 6) is 2.35. The van der Waals surface area contributed by atoms with Crippen LogP contribution < -0.4 is 20.9 Å². The maximum absolute atomic E-state index is 13.2. The van der Waals surface area contributed by atoms with E-state index >= 15 is 0 Å². The smallest absolute Gasteiger partial charge is 0.357 e. The van der Waals surface area contributed by atoms with Crippen molar-refractivity contribution in [2.24, 2.45) is 0 Å². The number of rotatable bonds is 6. The highest BCUT2D eigenvalue weighted by Crippen LogP contribution is 2.25. The van der Waals surface area contributed by atoms with Gasteiger partial charge in [-0.15, -0.1) is 0 Å². The molecule has 0 N–H and O–H groups in total. The molecule has 0 atom stereocenters. The van der Waals surface area contributed by atoms with E-state index < -0.39 is 11.4 Å². The van der Waals surface area contributed by atoms with E-state index in [9.17, 15) is 9.59 Å². The van der Waals surface area contributed by atoms with Gasteiger partial charge in [-0.25, -0.2) is 14.2 Å². The van der Waals surface area contributed by atoms with E-state index in [1.165, 1.54) is 10.9 Å². The van der Waals surface area contributed by atoms with Crippen molar-refractivity contribution in [3.8, 4) is 34.4 Å². The van der Waals surface area contributed by atoms with Crippen molar-refractivity contribution >= 4 is 23.2 Å². The second-order valence-corrected chi connectivity index (χ2v) is 8.49. The maximum Gasteiger partial charge on any atom is 0.357 e. The lowest BCUT2D eigenvalue weighted by molar-refractivity contribution is 0.482. The summed E-state index contributed by atoms with van der Waals surface area (Å²) in [6.07, 6.45) is 1.20. The van der Waals surface area contributed by atoms with Crippen LogP contribution in [0.4, 0.5) is 0 Å². The standard InChI is InChI=1S/C27H17Cl2N3O4/c28-18-1-9-22(10-2-18)35-24-13-5-20(6-14-24)31-17-30-26(33)32(27(31)34)21-7-15-25(16-8-21)36-23-11-3-19(29)4-12-23/h1-17H. The van der Waals surface area contributed by atoms with Crippen LogP contribution in [0, 0.1) is 0 Å². The average Bonchev–Trinajstić information content (AvgIpc) is 2.89. The predicted octanol–water partition coefficient (Wildman–Crippen LogP) is 6.27. The van der Waals surface area contributed by atoms with E-state index in [2.05, 4.69) is 4.98 Å². The summed E-state index contributed by atoms with van der Waals surface area (Å²) in [7, 11) is 0. The molecule has 1 heterocycles. The largest absolute Gasteiger partial charge is 0.457 e. The average molecular weight is 518 g/mol. The first kappa shape index (κ1) is 23.4. The van der Waals surface area contributed by atoms with Gasteiger partial charge in [-0.1, -0.05) is 23.2 Å². The van der Waals surface area contributed by atoms with Gasteiger partial charge in [0.05, 0.1) is 11.4 Å². The molecule has 0 bridgehead atoms. The van der Waals surface area contributed by atoms with Gasteiger partial charge in [0.15, 0.2) is 0 Å². The van der Waals surface area contributed by atoms with Crippen LogP contribution in [0.5, 0.6) is 23.0 Å². The fourth-order valence-corrected chi connectivity index (χ4v) is 3.67. The summed E-state index contributed by atoms with van der Waals surface area (Å²) >= 11 is 11.8. The van der Waals surface area contributed by atoms with Crippen LogP contribution >= 0.6 is 23.2 Å². The highest BCUT2D eigenvalue weighted by molar-refractivity contribution is 6.30. The molecule has 7 nitrogen and oxygen atoms in total. The molecule has 4 aromatic carbocycles. The summed E-state index contributed by atoms with van der Waals surface area (Å²) in [5.41, 5.74) is -0.372. The van der Waals surface area contributed by atoms with Crippen molar-refractivity contribution in [1.82, 2.24) is 14.1 Å². The molecule has 9 heteroatoms. The van der Waals surface area contributed by atoms with Gasteiger partial charge in [0.2, 0.25) is 0 Å². The number of benzene rings is 4. The number of hydrogen-bond donors (Lipinski definition) is 0. The van der Waals surface area contributed by atoms with Crippen molar-refractivity contribution in [2.75, 3.05) is 0 Å². The van der Waals surface area contributed by atoms with Crippen molar-refractivity contribution in [3.05, 3.63) is 134 Å². The van der Waals surface area contributed by atoms with Crippen molar-refractivity contribution in [2.45, 2.75) is 0 Å². The molecule has 0 fully saturated rings. The molecule has 0 unspecified atom stereocenters. The second-order valence-electron chi connectivity index (χ2n) is 7.61. The van der Waals surface area contributed by atoms with Gasteiger partial charge in [-0.05, 0) is 97.1 Å². The number of ether oxygens (including phenoxy) is 2. The minimum Gasteiger partial charge on any atom is -0.457 e. The summed E-state index contributed by atoms with van der Waals surface area (Å²) in [4.78, 5) is 29.6. The third-order valence-corrected chi connectivity index (χ3v) is 5.68. The monoisotopic (exact) mass is 517 g/mol. The zero-order valence-corrected chi connectivity index (χ0v) is 20.1. The summed E-state index contributed by atoms with van der Waals surface area (Å²) in [5, 5.41) is 1.22. The molecule has 1 aromatic heterocycles. The van der Waals surface area contributed by atoms with Crippen LogP contribution in [-0.2, 0) is 0 Å². The molecule has 0 aliphatic heterocycles. The molecular formula is C27H17Cl2N3O4. The third-order valence-electron chi connectivity index (χ3n) is 5.18. The van der Waals surface area contributed by atoms with Crippen molar-refractivity contribution in [1.29, 1.82) is 0 Å². The molecule has 5 rings (SSSR count). The number of halogens is 2. The highest BCUT2D eigenvalue weighted by Gasteiger charge is 2.11. The minimum absolute atomic E-state index is 0.359. The Hall–Kier alpha value is -4.33. The Labute approximate surface area is 215 Å². The predicted molar refractivity (Wildman–Crippen MR) is 138 cm³/mol. The Bertz CT molecular complexity index is 1610. The number of aromatic nitrogens is 3. The molecule has 36 heavy (non-hydrogen) atoms. The first-order valence-corrected chi connectivity index (χ1v) is 11.5. The third kappa shape index (κ3) is 5.17. The Morgan fingerprint density at radius 1 is 0.556 bits per heavy atom. The van der Waals surface area contributed by atoms with Gasteiger partial charge in [0.1, 0.15) is 29.3 Å².